The molecule has 29 heavy (non-hydrogen) atoms. The number of amides is 2. The zero-order chi connectivity index (χ0) is 21.1. The third kappa shape index (κ3) is 7.17. The molecule has 8 heteroatoms. The number of rotatable bonds is 10. The Morgan fingerprint density at radius 1 is 1.00 bits per heavy atom. The van der Waals surface area contributed by atoms with Crippen LogP contribution in [0.25, 0.3) is 0 Å². The first-order valence-corrected chi connectivity index (χ1v) is 9.13. The minimum absolute atomic E-state index is 0.0583. The molecule has 2 N–H and O–H groups in total. The number of carbonyl (C=O) groups is 3. The van der Waals surface area contributed by atoms with Crippen LogP contribution >= 0.6 is 0 Å². The van der Waals surface area contributed by atoms with E-state index in [9.17, 15) is 14.4 Å². The predicted molar refractivity (Wildman–Crippen MR) is 107 cm³/mol. The van der Waals surface area contributed by atoms with Gasteiger partial charge in [-0.25, -0.2) is 0 Å². The van der Waals surface area contributed by atoms with Crippen molar-refractivity contribution in [2.45, 2.75) is 13.3 Å². The lowest BCUT2D eigenvalue weighted by atomic mass is 10.2. The summed E-state index contributed by atoms with van der Waals surface area (Å²) in [6.07, 6.45) is -0.0583. The lowest BCUT2D eigenvalue weighted by Gasteiger charge is -2.09. The maximum absolute atomic E-state index is 12.1. The summed E-state index contributed by atoms with van der Waals surface area (Å²) in [5, 5.41) is 5.24. The Morgan fingerprint density at radius 3 is 2.41 bits per heavy atom. The van der Waals surface area contributed by atoms with Crippen molar-refractivity contribution in [2.75, 3.05) is 32.2 Å². The number of esters is 1. The number of methoxy groups -OCH3 is 1. The van der Waals surface area contributed by atoms with Gasteiger partial charge in [0.1, 0.15) is 11.5 Å². The van der Waals surface area contributed by atoms with Crippen LogP contribution in [0.4, 0.5) is 5.69 Å². The van der Waals surface area contributed by atoms with Crippen LogP contribution in [0.3, 0.4) is 0 Å². The second-order valence-electron chi connectivity index (χ2n) is 5.87. The van der Waals surface area contributed by atoms with Crippen molar-refractivity contribution < 1.29 is 28.6 Å². The number of anilines is 1. The summed E-state index contributed by atoms with van der Waals surface area (Å²) < 4.78 is 15.4. The predicted octanol–water partition coefficient (Wildman–Crippen LogP) is 2.40. The number of hydrogen-bond acceptors (Lipinski definition) is 6. The second kappa shape index (κ2) is 11.3. The molecule has 2 aromatic carbocycles. The summed E-state index contributed by atoms with van der Waals surface area (Å²) in [6, 6.07) is 13.6. The monoisotopic (exact) mass is 400 g/mol. The summed E-state index contributed by atoms with van der Waals surface area (Å²) in [7, 11) is 1.47. The Labute approximate surface area is 169 Å². The average molecular weight is 400 g/mol. The van der Waals surface area contributed by atoms with Crippen molar-refractivity contribution in [2.24, 2.45) is 0 Å². The van der Waals surface area contributed by atoms with Crippen LogP contribution < -0.4 is 20.1 Å². The molecule has 0 spiro atoms. The molecule has 8 nitrogen and oxygen atoms in total. The molecule has 0 atom stereocenters. The summed E-state index contributed by atoms with van der Waals surface area (Å²) in [6.45, 7) is 2.11. The van der Waals surface area contributed by atoms with Crippen molar-refractivity contribution in [3.05, 3.63) is 54.1 Å². The molecule has 0 radical (unpaired) electrons. The van der Waals surface area contributed by atoms with Crippen molar-refractivity contribution in [3.63, 3.8) is 0 Å². The zero-order valence-electron chi connectivity index (χ0n) is 16.4. The van der Waals surface area contributed by atoms with E-state index in [1.54, 1.807) is 48.5 Å². The third-order valence-corrected chi connectivity index (χ3v) is 3.78. The van der Waals surface area contributed by atoms with Crippen LogP contribution in [0.1, 0.15) is 23.7 Å². The average Bonchev–Trinajstić information content (AvgIpc) is 2.73. The molecular formula is C21H24N2O6. The van der Waals surface area contributed by atoms with Gasteiger partial charge in [0.25, 0.3) is 11.8 Å². The van der Waals surface area contributed by atoms with Gasteiger partial charge in [-0.1, -0.05) is 12.1 Å². The lowest BCUT2D eigenvalue weighted by molar-refractivity contribution is -0.147. The molecule has 0 bridgehead atoms. The topological polar surface area (TPSA) is 103 Å². The van der Waals surface area contributed by atoms with E-state index in [-0.39, 0.29) is 18.9 Å². The number of nitrogens with one attached hydrogen (secondary N) is 2. The van der Waals surface area contributed by atoms with Crippen LogP contribution in [0.2, 0.25) is 0 Å². The van der Waals surface area contributed by atoms with E-state index in [1.165, 1.54) is 7.11 Å². The van der Waals surface area contributed by atoms with Crippen LogP contribution in [-0.4, -0.2) is 44.7 Å². The maximum atomic E-state index is 12.1. The number of carbonyl (C=O) groups excluding carboxylic acids is 3. The molecule has 2 aromatic rings. The molecular weight excluding hydrogens is 376 g/mol. The van der Waals surface area contributed by atoms with Crippen molar-refractivity contribution in [1.82, 2.24) is 5.32 Å². The standard InChI is InChI=1S/C21H24N2O6/c1-3-28-16-10-8-15(9-11-16)23-19(24)14-29-20(25)12-13-22-21(26)17-6-4-5-7-18(17)27-2/h4-11H,3,12-14H2,1-2H3,(H,22,26)(H,23,24). The van der Waals surface area contributed by atoms with Gasteiger partial charge in [-0.15, -0.1) is 0 Å². The van der Waals surface area contributed by atoms with Crippen LogP contribution in [0, 0.1) is 0 Å². The minimum Gasteiger partial charge on any atom is -0.496 e. The molecule has 0 aliphatic carbocycles. The van der Waals surface area contributed by atoms with Gasteiger partial charge in [0, 0.05) is 12.2 Å². The van der Waals surface area contributed by atoms with E-state index in [4.69, 9.17) is 14.2 Å². The number of ether oxygens (including phenoxy) is 3. The molecule has 0 saturated heterocycles. The van der Waals surface area contributed by atoms with Crippen molar-refractivity contribution in [3.8, 4) is 11.5 Å². The normalized spacial score (nSPS) is 10.0. The Hall–Kier alpha value is -3.55. The highest BCUT2D eigenvalue weighted by Gasteiger charge is 2.12. The molecule has 2 amide bonds. The highest BCUT2D eigenvalue weighted by Crippen LogP contribution is 2.17. The first kappa shape index (κ1) is 21.7. The van der Waals surface area contributed by atoms with Crippen molar-refractivity contribution in [1.29, 1.82) is 0 Å². The highest BCUT2D eigenvalue weighted by molar-refractivity contribution is 5.97. The second-order valence-corrected chi connectivity index (χ2v) is 5.87. The van der Waals surface area contributed by atoms with E-state index in [0.717, 1.165) is 0 Å². The largest absolute Gasteiger partial charge is 0.496 e. The lowest BCUT2D eigenvalue weighted by Crippen LogP contribution is -2.28. The van der Waals surface area contributed by atoms with Gasteiger partial charge in [0.15, 0.2) is 6.61 Å². The van der Waals surface area contributed by atoms with E-state index < -0.39 is 18.5 Å². The maximum Gasteiger partial charge on any atom is 0.308 e. The summed E-state index contributed by atoms with van der Waals surface area (Å²) in [5.74, 6) is -0.262. The van der Waals surface area contributed by atoms with Gasteiger partial charge in [-0.05, 0) is 43.3 Å². The van der Waals surface area contributed by atoms with E-state index in [0.29, 0.717) is 29.4 Å². The third-order valence-electron chi connectivity index (χ3n) is 3.78. The van der Waals surface area contributed by atoms with Crippen molar-refractivity contribution >= 4 is 23.5 Å². The fraction of sp³-hybridized carbons (Fsp3) is 0.286. The molecule has 0 aliphatic heterocycles. The number of hydrogen-bond donors (Lipinski definition) is 2. The number of para-hydroxylation sites is 1. The number of benzene rings is 2. The fourth-order valence-corrected chi connectivity index (χ4v) is 2.42. The Balaban J connectivity index is 1.68. The molecule has 0 aromatic heterocycles. The Morgan fingerprint density at radius 2 is 1.72 bits per heavy atom. The van der Waals surface area contributed by atoms with Gasteiger partial charge < -0.3 is 24.8 Å². The van der Waals surface area contributed by atoms with E-state index in [1.807, 2.05) is 6.92 Å². The molecule has 0 saturated carbocycles. The van der Waals surface area contributed by atoms with Gasteiger partial charge in [0.05, 0.1) is 25.7 Å². The SMILES string of the molecule is CCOc1ccc(NC(=O)COC(=O)CCNC(=O)c2ccccc2OC)cc1. The van der Waals surface area contributed by atoms with Gasteiger partial charge in [-0.2, -0.15) is 0 Å². The Kier molecular flexibility index (Phi) is 8.50. The highest BCUT2D eigenvalue weighted by atomic mass is 16.5. The minimum atomic E-state index is -0.591. The molecule has 0 heterocycles. The molecule has 154 valence electrons. The summed E-state index contributed by atoms with van der Waals surface area (Å²) in [4.78, 5) is 35.7. The summed E-state index contributed by atoms with van der Waals surface area (Å²) in [5.41, 5.74) is 0.941. The Bertz CT molecular complexity index is 835. The van der Waals surface area contributed by atoms with E-state index in [2.05, 4.69) is 10.6 Å². The molecule has 0 unspecified atom stereocenters. The van der Waals surface area contributed by atoms with E-state index >= 15 is 0 Å². The van der Waals surface area contributed by atoms with Crippen LogP contribution in [0.5, 0.6) is 11.5 Å². The molecule has 2 rings (SSSR count). The first-order valence-electron chi connectivity index (χ1n) is 9.13. The molecule has 0 fully saturated rings. The fourth-order valence-electron chi connectivity index (χ4n) is 2.42. The first-order chi connectivity index (χ1) is 14.0. The molecule has 0 aliphatic rings. The van der Waals surface area contributed by atoms with Crippen LogP contribution in [0.15, 0.2) is 48.5 Å². The van der Waals surface area contributed by atoms with Gasteiger partial charge >= 0.3 is 5.97 Å². The summed E-state index contributed by atoms with van der Waals surface area (Å²) >= 11 is 0. The van der Waals surface area contributed by atoms with Crippen LogP contribution in [-0.2, 0) is 14.3 Å². The zero-order valence-corrected chi connectivity index (χ0v) is 16.4. The van der Waals surface area contributed by atoms with Gasteiger partial charge in [-0.3, -0.25) is 14.4 Å². The smallest absolute Gasteiger partial charge is 0.308 e. The van der Waals surface area contributed by atoms with Gasteiger partial charge in [0.2, 0.25) is 0 Å². The quantitative estimate of drug-likeness (QED) is 0.594.